The lowest BCUT2D eigenvalue weighted by atomic mass is 9.69. The first-order valence-electron chi connectivity index (χ1n) is 10.9. The van der Waals surface area contributed by atoms with E-state index in [0.717, 1.165) is 24.9 Å². The van der Waals surface area contributed by atoms with Gasteiger partial charge >= 0.3 is 0 Å². The number of anilines is 1. The number of hydrogen-bond acceptors (Lipinski definition) is 7. The molecule has 7 heteroatoms. The fourth-order valence-corrected chi connectivity index (χ4v) is 5.41. The minimum atomic E-state index is 0.0844. The highest BCUT2D eigenvalue weighted by Crippen LogP contribution is 2.42. The van der Waals surface area contributed by atoms with E-state index in [1.165, 1.54) is 25.5 Å². The highest BCUT2D eigenvalue weighted by atomic mass is 16.3. The largest absolute Gasteiger partial charge is 0.507 e. The maximum Gasteiger partial charge on any atom is 0.151 e. The number of phenolic OH excluding ortho intramolecular Hbond substituents is 1. The summed E-state index contributed by atoms with van der Waals surface area (Å²) in [6.45, 7) is 4.69. The average molecular weight is 421 g/mol. The molecule has 1 unspecified atom stereocenters. The van der Waals surface area contributed by atoms with Gasteiger partial charge in [0, 0.05) is 47.7 Å². The number of fused-ring (bicyclic) bond motifs is 2. The summed E-state index contributed by atoms with van der Waals surface area (Å²) in [5.41, 5.74) is 8.33. The molecule has 0 amide bonds. The second-order valence-electron chi connectivity index (χ2n) is 9.55. The fourth-order valence-electron chi connectivity index (χ4n) is 5.41. The second kappa shape index (κ2) is 7.96. The molecule has 0 saturated carbocycles. The number of nitrogens with one attached hydrogen (secondary N) is 2. The van der Waals surface area contributed by atoms with E-state index in [0.29, 0.717) is 28.4 Å². The molecule has 2 aliphatic heterocycles. The van der Waals surface area contributed by atoms with Gasteiger partial charge in [-0.1, -0.05) is 6.07 Å². The van der Waals surface area contributed by atoms with Crippen molar-refractivity contribution in [3.63, 3.8) is 0 Å². The van der Waals surface area contributed by atoms with E-state index < -0.39 is 0 Å². The first-order chi connectivity index (χ1) is 14.8. The van der Waals surface area contributed by atoms with Crippen molar-refractivity contribution < 1.29 is 5.11 Å². The van der Waals surface area contributed by atoms with Gasteiger partial charge in [0.1, 0.15) is 5.75 Å². The van der Waals surface area contributed by atoms with E-state index >= 15 is 0 Å². The third kappa shape index (κ3) is 4.14. The van der Waals surface area contributed by atoms with Gasteiger partial charge in [-0.15, -0.1) is 10.2 Å². The average Bonchev–Trinajstić information content (AvgIpc) is 2.73. The minimum absolute atomic E-state index is 0.0844. The Balaban J connectivity index is 1.54. The first kappa shape index (κ1) is 21.3. The summed E-state index contributed by atoms with van der Waals surface area (Å²) in [6, 6.07) is 9.47. The van der Waals surface area contributed by atoms with Gasteiger partial charge in [0.2, 0.25) is 0 Å². The van der Waals surface area contributed by atoms with Crippen LogP contribution in [0.2, 0.25) is 0 Å². The molecule has 2 saturated heterocycles. The van der Waals surface area contributed by atoms with Crippen molar-refractivity contribution in [3.05, 3.63) is 42.1 Å². The van der Waals surface area contributed by atoms with Crippen molar-refractivity contribution in [3.8, 4) is 17.0 Å². The van der Waals surface area contributed by atoms with Gasteiger partial charge < -0.3 is 26.5 Å². The lowest BCUT2D eigenvalue weighted by Crippen LogP contribution is -2.66. The maximum atomic E-state index is 10.5. The molecule has 0 aliphatic carbocycles. The fraction of sp³-hybridized carbons (Fsp3) is 0.458. The number of aromatic hydroxyl groups is 1. The number of hydrogen-bond donors (Lipinski definition) is 4. The highest BCUT2D eigenvalue weighted by molar-refractivity contribution is 6.08. The van der Waals surface area contributed by atoms with E-state index in [2.05, 4.69) is 41.3 Å². The summed E-state index contributed by atoms with van der Waals surface area (Å²) in [5, 5.41) is 30.7. The third-order valence-electron chi connectivity index (χ3n) is 6.93. The molecule has 1 aromatic carbocycles. The van der Waals surface area contributed by atoms with E-state index in [9.17, 15) is 5.11 Å². The predicted molar refractivity (Wildman–Crippen MR) is 125 cm³/mol. The van der Waals surface area contributed by atoms with Crippen molar-refractivity contribution in [1.29, 1.82) is 5.41 Å². The number of nitrogens with two attached hydrogens (primary N) is 1. The molecule has 5 N–H and O–H groups in total. The Morgan fingerprint density at radius 2 is 1.90 bits per heavy atom. The molecule has 0 spiro atoms. The molecule has 2 aliphatic rings. The molecule has 0 radical (unpaired) electrons. The third-order valence-corrected chi connectivity index (χ3v) is 6.93. The predicted octanol–water partition coefficient (Wildman–Crippen LogP) is 3.69. The molecule has 2 aromatic rings. The van der Waals surface area contributed by atoms with E-state index in [4.69, 9.17) is 11.1 Å². The van der Waals surface area contributed by atoms with Gasteiger partial charge in [0.05, 0.1) is 5.69 Å². The smallest absolute Gasteiger partial charge is 0.151 e. The molecular weight excluding hydrogens is 388 g/mol. The lowest BCUT2D eigenvalue weighted by molar-refractivity contribution is 0.0784. The van der Waals surface area contributed by atoms with E-state index in [-0.39, 0.29) is 16.8 Å². The van der Waals surface area contributed by atoms with Crippen molar-refractivity contribution in [2.45, 2.75) is 63.1 Å². The Morgan fingerprint density at radius 1 is 1.19 bits per heavy atom. The molecular formula is C24H32N6O. The Morgan fingerprint density at radius 3 is 2.45 bits per heavy atom. The van der Waals surface area contributed by atoms with Crippen molar-refractivity contribution in [1.82, 2.24) is 15.5 Å². The molecule has 3 atom stereocenters. The van der Waals surface area contributed by atoms with Crippen LogP contribution in [0.1, 0.15) is 51.5 Å². The van der Waals surface area contributed by atoms with E-state index in [1.807, 2.05) is 18.2 Å². The molecule has 3 heterocycles. The molecule has 7 nitrogen and oxygen atoms in total. The van der Waals surface area contributed by atoms with Crippen molar-refractivity contribution >= 4 is 17.6 Å². The second-order valence-corrected chi connectivity index (χ2v) is 9.55. The van der Waals surface area contributed by atoms with Gasteiger partial charge in [-0.3, -0.25) is 0 Å². The van der Waals surface area contributed by atoms with Crippen molar-refractivity contribution in [2.75, 3.05) is 11.9 Å². The topological polar surface area (TPSA) is 111 Å². The zero-order chi connectivity index (χ0) is 22.2. The summed E-state index contributed by atoms with van der Waals surface area (Å²) < 4.78 is 0. The van der Waals surface area contributed by atoms with Crippen LogP contribution in [-0.2, 0) is 0 Å². The number of piperidine rings is 2. The normalized spacial score (nSPS) is 28.2. The highest BCUT2D eigenvalue weighted by Gasteiger charge is 2.46. The van der Waals surface area contributed by atoms with Crippen molar-refractivity contribution in [2.24, 2.45) is 5.73 Å². The van der Waals surface area contributed by atoms with Crippen LogP contribution in [0.15, 0.2) is 36.5 Å². The Bertz CT molecular complexity index is 986. The van der Waals surface area contributed by atoms with E-state index in [1.54, 1.807) is 12.1 Å². The Labute approximate surface area is 183 Å². The minimum Gasteiger partial charge on any atom is -0.507 e. The molecule has 2 bridgehead atoms. The molecule has 31 heavy (non-hydrogen) atoms. The summed E-state index contributed by atoms with van der Waals surface area (Å²) in [7, 11) is 2.10. The number of phenols is 1. The molecule has 4 rings (SSSR count). The molecule has 1 aromatic heterocycles. The van der Waals surface area contributed by atoms with Gasteiger partial charge in [-0.05, 0) is 75.8 Å². The van der Waals surface area contributed by atoms with Crippen LogP contribution >= 0.6 is 0 Å². The molecule has 164 valence electrons. The number of nitrogens with zero attached hydrogens (tertiary/aromatic N) is 3. The van der Waals surface area contributed by atoms with Gasteiger partial charge in [0.25, 0.3) is 0 Å². The summed E-state index contributed by atoms with van der Waals surface area (Å²) in [6.07, 6.45) is 8.41. The van der Waals surface area contributed by atoms with Crippen LogP contribution in [0.5, 0.6) is 5.75 Å². The maximum absolute atomic E-state index is 10.5. The zero-order valence-corrected chi connectivity index (χ0v) is 18.5. The Kier molecular flexibility index (Phi) is 5.47. The van der Waals surface area contributed by atoms with Crippen LogP contribution in [-0.4, -0.2) is 45.7 Å². The lowest BCUT2D eigenvalue weighted by Gasteiger charge is -2.55. The van der Waals surface area contributed by atoms with Gasteiger partial charge in [0.15, 0.2) is 5.82 Å². The summed E-state index contributed by atoms with van der Waals surface area (Å²) in [5.74, 6) is 0.926. The zero-order valence-electron chi connectivity index (χ0n) is 18.5. The number of aromatic nitrogens is 2. The van der Waals surface area contributed by atoms with Crippen LogP contribution in [0.25, 0.3) is 16.8 Å². The first-order valence-corrected chi connectivity index (χ1v) is 10.9. The monoisotopic (exact) mass is 420 g/mol. The number of rotatable bonds is 5. The SMILES string of the molecule is CN(c1ccc(-c2ccc(/C(C=N)=C/N)cc2O)nn1)C1C[C@]2(C)CCC[C@](C)(C1)N2. The number of allylic oxidation sites excluding steroid dienone is 1. The quantitative estimate of drug-likeness (QED) is 0.549. The summed E-state index contributed by atoms with van der Waals surface area (Å²) >= 11 is 0. The standard InChI is InChI=1S/C24H32N6O/c1-23-9-4-10-24(2,29-23)13-18(12-23)30(3)22-8-7-20(27-28-22)19-6-5-16(11-21(19)31)17(14-25)15-26/h5-8,11,14-15,18,25,29,31H,4,9-10,12-13,26H2,1-3H3/b17-15+,25-14?/t18?,23-,24+. The number of benzene rings is 1. The molecule has 2 fully saturated rings. The Hall–Kier alpha value is -2.93. The summed E-state index contributed by atoms with van der Waals surface area (Å²) in [4.78, 5) is 2.25. The van der Waals surface area contributed by atoms with Gasteiger partial charge in [-0.2, -0.15) is 0 Å². The van der Waals surface area contributed by atoms with Gasteiger partial charge in [-0.25, -0.2) is 0 Å². The van der Waals surface area contributed by atoms with Crippen LogP contribution in [0.3, 0.4) is 0 Å². The van der Waals surface area contributed by atoms with Crippen LogP contribution in [0, 0.1) is 5.41 Å². The van der Waals surface area contributed by atoms with Crippen LogP contribution in [0.4, 0.5) is 5.82 Å². The van der Waals surface area contributed by atoms with Crippen LogP contribution < -0.4 is 16.0 Å².